The van der Waals surface area contributed by atoms with E-state index in [-0.39, 0.29) is 36.1 Å². The van der Waals surface area contributed by atoms with Crippen LogP contribution in [0.4, 0.5) is 10.1 Å². The maximum absolute atomic E-state index is 14.5. The number of benzene rings is 1. The smallest absolute Gasteiger partial charge is 0.265 e. The number of nitrogens with one attached hydrogen (secondary N) is 2. The minimum absolute atomic E-state index is 0.0289. The lowest BCUT2D eigenvalue weighted by Gasteiger charge is -2.55. The lowest BCUT2D eigenvalue weighted by atomic mass is 9.86. The lowest BCUT2D eigenvalue weighted by Crippen LogP contribution is -2.68. The first-order valence-electron chi connectivity index (χ1n) is 9.00. The summed E-state index contributed by atoms with van der Waals surface area (Å²) in [4.78, 5) is 52.4. The van der Waals surface area contributed by atoms with Gasteiger partial charge in [0.1, 0.15) is 11.9 Å². The Balaban J connectivity index is 1.56. The Morgan fingerprint density at radius 1 is 1.00 bits per heavy atom. The van der Waals surface area contributed by atoms with Crippen molar-refractivity contribution < 1.29 is 23.6 Å². The Labute approximate surface area is 153 Å². The van der Waals surface area contributed by atoms with Crippen molar-refractivity contribution in [3.05, 3.63) is 29.1 Å². The number of nitrogens with zero attached hydrogens (tertiary/aromatic N) is 2. The zero-order valence-corrected chi connectivity index (χ0v) is 14.3. The topological polar surface area (TPSA) is 98.8 Å². The number of piperidine rings is 2. The number of halogens is 1. The molecule has 0 radical (unpaired) electrons. The van der Waals surface area contributed by atoms with E-state index in [1.807, 2.05) is 0 Å². The van der Waals surface area contributed by atoms with E-state index in [0.717, 1.165) is 24.4 Å². The van der Waals surface area contributed by atoms with Crippen molar-refractivity contribution >= 4 is 29.3 Å². The highest BCUT2D eigenvalue weighted by atomic mass is 19.1. The Bertz CT molecular complexity index is 903. The third-order valence-corrected chi connectivity index (χ3v) is 5.89. The molecule has 2 bridgehead atoms. The van der Waals surface area contributed by atoms with Gasteiger partial charge in [0.25, 0.3) is 11.8 Å². The Morgan fingerprint density at radius 2 is 1.70 bits per heavy atom. The summed E-state index contributed by atoms with van der Waals surface area (Å²) in [7, 11) is 0. The molecule has 27 heavy (non-hydrogen) atoms. The molecule has 3 saturated heterocycles. The largest absolute Gasteiger partial charge is 0.362 e. The summed E-state index contributed by atoms with van der Waals surface area (Å²) in [6, 6.07) is 2.05. The van der Waals surface area contributed by atoms with E-state index in [1.54, 1.807) is 0 Å². The zero-order valence-electron chi connectivity index (χ0n) is 14.3. The van der Waals surface area contributed by atoms with Gasteiger partial charge in [0.2, 0.25) is 11.8 Å². The second kappa shape index (κ2) is 5.59. The minimum Gasteiger partial charge on any atom is -0.362 e. The Hall–Kier alpha value is -2.81. The van der Waals surface area contributed by atoms with E-state index in [1.165, 1.54) is 12.1 Å². The molecule has 0 spiro atoms. The van der Waals surface area contributed by atoms with E-state index in [0.29, 0.717) is 5.69 Å². The average molecular weight is 372 g/mol. The number of hydrogen-bond donors (Lipinski definition) is 2. The number of rotatable bonds is 2. The molecule has 4 aliphatic heterocycles. The van der Waals surface area contributed by atoms with Crippen LogP contribution >= 0.6 is 0 Å². The molecular formula is C18H17FN4O4. The first-order chi connectivity index (χ1) is 13.0. The van der Waals surface area contributed by atoms with Crippen LogP contribution in [-0.2, 0) is 9.59 Å². The van der Waals surface area contributed by atoms with Crippen molar-refractivity contribution in [2.24, 2.45) is 0 Å². The summed E-state index contributed by atoms with van der Waals surface area (Å²) >= 11 is 0. The first kappa shape index (κ1) is 16.4. The number of hydrogen-bond acceptors (Lipinski definition) is 6. The van der Waals surface area contributed by atoms with E-state index >= 15 is 0 Å². The number of piperazine rings is 1. The number of anilines is 1. The standard InChI is InChI=1S/C18H17FN4O4/c19-10-1-2-11(22-8-5-9(22)7-20-6-8)15-14(10)17(26)23(18(15)27)12-3-4-13(24)21-16(12)25/h1-2,8-9,12,20H,3-7H2,(H,21,24,25). The van der Waals surface area contributed by atoms with Gasteiger partial charge in [-0.25, -0.2) is 4.39 Å². The molecule has 3 unspecified atom stereocenters. The van der Waals surface area contributed by atoms with Crippen molar-refractivity contribution in [3.8, 4) is 0 Å². The molecule has 0 aromatic heterocycles. The average Bonchev–Trinajstić information content (AvgIpc) is 2.90. The highest BCUT2D eigenvalue weighted by Crippen LogP contribution is 2.41. The SMILES string of the molecule is O=C1CCC(N2C(=O)c3c(F)ccc(N4C5CNCC4C5)c3C2=O)C(=O)N1. The van der Waals surface area contributed by atoms with Crippen LogP contribution in [0.5, 0.6) is 0 Å². The van der Waals surface area contributed by atoms with E-state index in [4.69, 9.17) is 0 Å². The first-order valence-corrected chi connectivity index (χ1v) is 9.00. The monoisotopic (exact) mass is 372 g/mol. The lowest BCUT2D eigenvalue weighted by molar-refractivity contribution is -0.136. The molecule has 9 heteroatoms. The van der Waals surface area contributed by atoms with Crippen LogP contribution in [0.2, 0.25) is 0 Å². The zero-order chi connectivity index (χ0) is 18.9. The highest BCUT2D eigenvalue weighted by Gasteiger charge is 2.50. The number of amides is 4. The summed E-state index contributed by atoms with van der Waals surface area (Å²) in [6.45, 7) is 1.53. The maximum Gasteiger partial charge on any atom is 0.265 e. The molecular weight excluding hydrogens is 355 g/mol. The van der Waals surface area contributed by atoms with E-state index in [2.05, 4.69) is 15.5 Å². The van der Waals surface area contributed by atoms with Gasteiger partial charge in [-0.05, 0) is 25.0 Å². The van der Waals surface area contributed by atoms with E-state index in [9.17, 15) is 23.6 Å². The molecule has 4 heterocycles. The summed E-state index contributed by atoms with van der Waals surface area (Å²) in [5, 5.41) is 5.44. The summed E-state index contributed by atoms with van der Waals surface area (Å²) < 4.78 is 14.5. The van der Waals surface area contributed by atoms with Crippen LogP contribution in [0.25, 0.3) is 0 Å². The molecule has 2 N–H and O–H groups in total. The summed E-state index contributed by atoms with van der Waals surface area (Å²) in [5.74, 6) is -3.40. The van der Waals surface area contributed by atoms with Gasteiger partial charge in [0.15, 0.2) is 0 Å². The molecule has 5 rings (SSSR count). The highest BCUT2D eigenvalue weighted by molar-refractivity contribution is 6.25. The van der Waals surface area contributed by atoms with Crippen LogP contribution in [0.3, 0.4) is 0 Å². The normalized spacial score (nSPS) is 29.6. The van der Waals surface area contributed by atoms with Gasteiger partial charge in [-0.2, -0.15) is 0 Å². The maximum atomic E-state index is 14.5. The minimum atomic E-state index is -1.10. The van der Waals surface area contributed by atoms with Gasteiger partial charge >= 0.3 is 0 Å². The second-order valence-corrected chi connectivity index (χ2v) is 7.37. The molecule has 0 saturated carbocycles. The molecule has 1 aromatic carbocycles. The van der Waals surface area contributed by atoms with Crippen LogP contribution in [-0.4, -0.2) is 59.7 Å². The Kier molecular flexibility index (Phi) is 3.39. The van der Waals surface area contributed by atoms with Crippen LogP contribution in [0.15, 0.2) is 12.1 Å². The number of carbonyl (C=O) groups excluding carboxylic acids is 4. The van der Waals surface area contributed by atoms with E-state index < -0.39 is 35.5 Å². The van der Waals surface area contributed by atoms with Gasteiger partial charge in [-0.3, -0.25) is 29.4 Å². The van der Waals surface area contributed by atoms with Gasteiger partial charge in [0, 0.05) is 31.6 Å². The van der Waals surface area contributed by atoms with Crippen LogP contribution in [0, 0.1) is 5.82 Å². The molecule has 4 amide bonds. The van der Waals surface area contributed by atoms with Crippen molar-refractivity contribution in [2.45, 2.75) is 37.4 Å². The number of fused-ring (bicyclic) bond motifs is 3. The van der Waals surface area contributed by atoms with Crippen molar-refractivity contribution in [3.63, 3.8) is 0 Å². The van der Waals surface area contributed by atoms with Crippen molar-refractivity contribution in [1.29, 1.82) is 0 Å². The molecule has 140 valence electrons. The quantitative estimate of drug-likeness (QED) is 0.697. The molecule has 3 fully saturated rings. The summed E-state index contributed by atoms with van der Waals surface area (Å²) in [5.41, 5.74) is 0.295. The van der Waals surface area contributed by atoms with Crippen LogP contribution < -0.4 is 15.5 Å². The van der Waals surface area contributed by atoms with Crippen molar-refractivity contribution in [1.82, 2.24) is 15.5 Å². The number of carbonyl (C=O) groups is 4. The molecule has 8 nitrogen and oxygen atoms in total. The van der Waals surface area contributed by atoms with Gasteiger partial charge in [-0.1, -0.05) is 0 Å². The summed E-state index contributed by atoms with van der Waals surface area (Å²) in [6.07, 6.45) is 1.06. The number of imide groups is 2. The third-order valence-electron chi connectivity index (χ3n) is 5.89. The van der Waals surface area contributed by atoms with Gasteiger partial charge < -0.3 is 10.2 Å². The second-order valence-electron chi connectivity index (χ2n) is 7.37. The fourth-order valence-corrected chi connectivity index (χ4v) is 4.63. The fraction of sp³-hybridized carbons (Fsp3) is 0.444. The Morgan fingerprint density at radius 3 is 2.37 bits per heavy atom. The fourth-order valence-electron chi connectivity index (χ4n) is 4.63. The molecule has 3 atom stereocenters. The molecule has 0 aliphatic carbocycles. The predicted octanol–water partition coefficient (Wildman–Crippen LogP) is -0.223. The predicted molar refractivity (Wildman–Crippen MR) is 90.6 cm³/mol. The van der Waals surface area contributed by atoms with Gasteiger partial charge in [-0.15, -0.1) is 0 Å². The molecule has 4 aliphatic rings. The van der Waals surface area contributed by atoms with Gasteiger partial charge in [0.05, 0.1) is 16.8 Å². The van der Waals surface area contributed by atoms with Crippen molar-refractivity contribution in [2.75, 3.05) is 18.0 Å². The van der Waals surface area contributed by atoms with Crippen LogP contribution in [0.1, 0.15) is 40.0 Å². The molecule has 1 aromatic rings. The third kappa shape index (κ3) is 2.18.